The molecule has 6 nitrogen and oxygen atoms in total. The Morgan fingerprint density at radius 1 is 0.328 bits per heavy atom. The monoisotopic (exact) mass is 821 g/mol. The number of esters is 3. The molecule has 0 unspecified atom stereocenters. The highest BCUT2D eigenvalue weighted by molar-refractivity contribution is 5.71. The van der Waals surface area contributed by atoms with Crippen molar-refractivity contribution in [3.8, 4) is 0 Å². The Hall–Kier alpha value is -1.59. The maximum absolute atomic E-state index is 12.7. The van der Waals surface area contributed by atoms with E-state index in [0.717, 1.165) is 63.7 Å². The number of carbonyl (C=O) groups is 3. The molecule has 0 saturated carbocycles. The minimum Gasteiger partial charge on any atom is -0.462 e. The van der Waals surface area contributed by atoms with E-state index in [2.05, 4.69) is 27.7 Å². The third kappa shape index (κ3) is 45.5. The van der Waals surface area contributed by atoms with Gasteiger partial charge in [0.15, 0.2) is 6.10 Å². The fourth-order valence-electron chi connectivity index (χ4n) is 7.86. The highest BCUT2D eigenvalue weighted by Crippen LogP contribution is 2.17. The number of hydrogen-bond donors (Lipinski definition) is 0. The fraction of sp³-hybridized carbons (Fsp3) is 0.942. The Morgan fingerprint density at radius 3 is 0.845 bits per heavy atom. The molecule has 0 aromatic carbocycles. The van der Waals surface area contributed by atoms with E-state index < -0.39 is 6.10 Å². The van der Waals surface area contributed by atoms with E-state index in [1.807, 2.05) is 0 Å². The van der Waals surface area contributed by atoms with Crippen molar-refractivity contribution in [2.75, 3.05) is 13.2 Å². The molecule has 0 N–H and O–H groups in total. The highest BCUT2D eigenvalue weighted by Gasteiger charge is 2.19. The lowest BCUT2D eigenvalue weighted by molar-refractivity contribution is -0.167. The van der Waals surface area contributed by atoms with Gasteiger partial charge in [0.2, 0.25) is 0 Å². The maximum atomic E-state index is 12.7. The number of carbonyl (C=O) groups excluding carboxylic acids is 3. The Morgan fingerprint density at radius 2 is 0.569 bits per heavy atom. The first-order valence-corrected chi connectivity index (χ1v) is 25.9. The van der Waals surface area contributed by atoms with Crippen LogP contribution in [0.4, 0.5) is 0 Å². The van der Waals surface area contributed by atoms with Gasteiger partial charge in [0.25, 0.3) is 0 Å². The summed E-state index contributed by atoms with van der Waals surface area (Å²) in [5.41, 5.74) is 0. The summed E-state index contributed by atoms with van der Waals surface area (Å²) < 4.78 is 16.8. The van der Waals surface area contributed by atoms with Crippen LogP contribution in [0.2, 0.25) is 0 Å². The van der Waals surface area contributed by atoms with Crippen molar-refractivity contribution < 1.29 is 28.6 Å². The van der Waals surface area contributed by atoms with E-state index in [9.17, 15) is 14.4 Å². The van der Waals surface area contributed by atoms with Gasteiger partial charge in [0.1, 0.15) is 13.2 Å². The minimum atomic E-state index is -0.760. The Balaban J connectivity index is 4.26. The SMILES string of the molecule is CCCCCCCCCCCCCCCCCCCC(=O)OC[C@@H](COC(=O)CCCCCCCCCCCCCC)OC(=O)CCCCCCCCCCC(C)C. The van der Waals surface area contributed by atoms with Gasteiger partial charge in [-0.3, -0.25) is 14.4 Å². The molecule has 1 atom stereocenters. The van der Waals surface area contributed by atoms with Crippen molar-refractivity contribution in [1.29, 1.82) is 0 Å². The van der Waals surface area contributed by atoms with Crippen LogP contribution in [0.15, 0.2) is 0 Å². The molecule has 58 heavy (non-hydrogen) atoms. The van der Waals surface area contributed by atoms with Gasteiger partial charge in [-0.25, -0.2) is 0 Å². The zero-order chi connectivity index (χ0) is 42.4. The van der Waals surface area contributed by atoms with Gasteiger partial charge >= 0.3 is 17.9 Å². The molecule has 0 radical (unpaired) electrons. The molecule has 0 saturated heterocycles. The molecule has 0 aromatic rings. The lowest BCUT2D eigenvalue weighted by atomic mass is 10.0. The van der Waals surface area contributed by atoms with Crippen molar-refractivity contribution in [3.05, 3.63) is 0 Å². The van der Waals surface area contributed by atoms with Gasteiger partial charge in [-0.2, -0.15) is 0 Å². The summed E-state index contributed by atoms with van der Waals surface area (Å²) in [5.74, 6) is -0.0537. The summed E-state index contributed by atoms with van der Waals surface area (Å²) in [7, 11) is 0. The van der Waals surface area contributed by atoms with Gasteiger partial charge in [0.05, 0.1) is 0 Å². The van der Waals surface area contributed by atoms with Crippen LogP contribution in [0.5, 0.6) is 0 Å². The van der Waals surface area contributed by atoms with Gasteiger partial charge < -0.3 is 14.2 Å². The predicted molar refractivity (Wildman–Crippen MR) is 247 cm³/mol. The molecule has 344 valence electrons. The molecule has 0 rings (SSSR count). The molecule has 0 aromatic heterocycles. The lowest BCUT2D eigenvalue weighted by Gasteiger charge is -2.18. The van der Waals surface area contributed by atoms with Crippen LogP contribution in [0.25, 0.3) is 0 Å². The van der Waals surface area contributed by atoms with Gasteiger partial charge in [-0.05, 0) is 25.2 Å². The quantitative estimate of drug-likeness (QED) is 0.0346. The molecule has 0 fully saturated rings. The second kappa shape index (κ2) is 46.5. The first-order valence-electron chi connectivity index (χ1n) is 25.9. The second-order valence-corrected chi connectivity index (χ2v) is 18.3. The lowest BCUT2D eigenvalue weighted by Crippen LogP contribution is -2.30. The normalized spacial score (nSPS) is 11.9. The number of unbranched alkanes of at least 4 members (excludes halogenated alkanes) is 34. The summed E-state index contributed by atoms with van der Waals surface area (Å²) in [4.78, 5) is 37.9. The van der Waals surface area contributed by atoms with Crippen molar-refractivity contribution in [2.45, 2.75) is 297 Å². The van der Waals surface area contributed by atoms with E-state index in [1.54, 1.807) is 0 Å². The van der Waals surface area contributed by atoms with Crippen LogP contribution in [0, 0.1) is 5.92 Å². The minimum absolute atomic E-state index is 0.0633. The van der Waals surface area contributed by atoms with Crippen molar-refractivity contribution in [3.63, 3.8) is 0 Å². The summed E-state index contributed by atoms with van der Waals surface area (Å²) in [5, 5.41) is 0. The summed E-state index contributed by atoms with van der Waals surface area (Å²) in [6.45, 7) is 8.99. The van der Waals surface area contributed by atoms with Crippen LogP contribution in [0.3, 0.4) is 0 Å². The van der Waals surface area contributed by atoms with Crippen LogP contribution in [-0.4, -0.2) is 37.2 Å². The van der Waals surface area contributed by atoms with Crippen LogP contribution < -0.4 is 0 Å². The van der Waals surface area contributed by atoms with Gasteiger partial charge in [0, 0.05) is 19.3 Å². The first kappa shape index (κ1) is 56.4. The third-order valence-electron chi connectivity index (χ3n) is 11.8. The fourth-order valence-corrected chi connectivity index (χ4v) is 7.86. The molecule has 0 aliphatic heterocycles. The van der Waals surface area contributed by atoms with Crippen LogP contribution >= 0.6 is 0 Å². The van der Waals surface area contributed by atoms with Crippen molar-refractivity contribution in [1.82, 2.24) is 0 Å². The average molecular weight is 821 g/mol. The van der Waals surface area contributed by atoms with Gasteiger partial charge in [-0.1, -0.05) is 252 Å². The predicted octanol–water partition coefficient (Wildman–Crippen LogP) is 16.7. The first-order chi connectivity index (χ1) is 28.4. The average Bonchev–Trinajstić information content (AvgIpc) is 3.21. The molecular weight excluding hydrogens is 721 g/mol. The summed E-state index contributed by atoms with van der Waals surface area (Å²) in [6.07, 6.45) is 48.1. The Kier molecular flexibility index (Phi) is 45.2. The molecule has 6 heteroatoms. The van der Waals surface area contributed by atoms with Crippen molar-refractivity contribution >= 4 is 17.9 Å². The highest BCUT2D eigenvalue weighted by atomic mass is 16.6. The standard InChI is InChI=1S/C52H100O6/c1-5-7-9-11-13-15-17-19-20-21-22-23-25-27-32-36-40-44-51(54)57-47-49(58-52(55)45-41-37-33-29-28-30-34-38-42-48(3)4)46-56-50(53)43-39-35-31-26-24-18-16-14-12-10-8-6-2/h48-49H,5-47H2,1-4H3/t49-/m1/s1. The molecule has 0 heterocycles. The van der Waals surface area contributed by atoms with E-state index in [4.69, 9.17) is 14.2 Å². The zero-order valence-electron chi connectivity index (χ0n) is 39.5. The Bertz CT molecular complexity index is 872. The topological polar surface area (TPSA) is 78.9 Å². The summed E-state index contributed by atoms with van der Waals surface area (Å²) >= 11 is 0. The Labute approximate surface area is 361 Å². The number of rotatable bonds is 47. The molecular formula is C52H100O6. The smallest absolute Gasteiger partial charge is 0.306 e. The molecule has 0 aliphatic rings. The molecule has 0 aliphatic carbocycles. The van der Waals surface area contributed by atoms with Gasteiger partial charge in [-0.15, -0.1) is 0 Å². The third-order valence-corrected chi connectivity index (χ3v) is 11.8. The maximum Gasteiger partial charge on any atom is 0.306 e. The van der Waals surface area contributed by atoms with E-state index in [0.29, 0.717) is 19.3 Å². The number of ether oxygens (including phenoxy) is 3. The largest absolute Gasteiger partial charge is 0.462 e. The molecule has 0 amide bonds. The van der Waals surface area contributed by atoms with Crippen LogP contribution in [0.1, 0.15) is 291 Å². The number of hydrogen-bond acceptors (Lipinski definition) is 6. The molecule has 0 bridgehead atoms. The second-order valence-electron chi connectivity index (χ2n) is 18.3. The summed E-state index contributed by atoms with van der Waals surface area (Å²) in [6, 6.07) is 0. The van der Waals surface area contributed by atoms with E-state index in [1.165, 1.54) is 186 Å². The van der Waals surface area contributed by atoms with E-state index >= 15 is 0 Å². The van der Waals surface area contributed by atoms with Crippen molar-refractivity contribution in [2.24, 2.45) is 5.92 Å². The molecule has 0 spiro atoms. The zero-order valence-corrected chi connectivity index (χ0v) is 39.5. The van der Waals surface area contributed by atoms with E-state index in [-0.39, 0.29) is 31.1 Å². The van der Waals surface area contributed by atoms with Crippen LogP contribution in [-0.2, 0) is 28.6 Å².